The van der Waals surface area contributed by atoms with Crippen molar-refractivity contribution in [2.24, 2.45) is 0 Å². The van der Waals surface area contributed by atoms with Crippen molar-refractivity contribution in [1.29, 1.82) is 0 Å². The van der Waals surface area contributed by atoms with E-state index in [4.69, 9.17) is 5.73 Å². The number of nitro benzene ring substituents is 1. The Labute approximate surface area is 174 Å². The predicted molar refractivity (Wildman–Crippen MR) is 116 cm³/mol. The van der Waals surface area contributed by atoms with Gasteiger partial charge >= 0.3 is 0 Å². The number of rotatable bonds is 5. The Morgan fingerprint density at radius 2 is 1.62 bits per heavy atom. The second-order valence-electron chi connectivity index (χ2n) is 7.27. The van der Waals surface area contributed by atoms with Crippen molar-refractivity contribution in [2.75, 3.05) is 30.0 Å². The lowest BCUT2D eigenvalue weighted by molar-refractivity contribution is -0.383. The quantitative estimate of drug-likeness (QED) is 0.435. The first kappa shape index (κ1) is 21.4. The van der Waals surface area contributed by atoms with Crippen LogP contribution in [0.5, 0.6) is 0 Å². The maximum Gasteiger partial charge on any atom is 0.292 e. The summed E-state index contributed by atoms with van der Waals surface area (Å²) in [5, 5.41) is 10.9. The van der Waals surface area contributed by atoms with E-state index < -0.39 is 14.9 Å². The predicted octanol–water partition coefficient (Wildman–Crippen LogP) is 3.19. The number of benzene rings is 2. The van der Waals surface area contributed by atoms with Crippen LogP contribution in [0.3, 0.4) is 0 Å². The molecule has 0 bridgehead atoms. The zero-order valence-corrected chi connectivity index (χ0v) is 18.1. The highest BCUT2D eigenvalue weighted by Gasteiger charge is 2.35. The van der Waals surface area contributed by atoms with Crippen LogP contribution >= 0.6 is 11.8 Å². The number of anilines is 2. The van der Waals surface area contributed by atoms with Gasteiger partial charge in [0.1, 0.15) is 5.69 Å². The van der Waals surface area contributed by atoms with Gasteiger partial charge in [0.05, 0.1) is 11.2 Å². The van der Waals surface area contributed by atoms with Gasteiger partial charge in [0.2, 0.25) is 10.0 Å². The maximum absolute atomic E-state index is 12.0. The summed E-state index contributed by atoms with van der Waals surface area (Å²) < 4.78 is 25.6. The molecule has 29 heavy (non-hydrogen) atoms. The highest BCUT2D eigenvalue weighted by Crippen LogP contribution is 2.34. The first-order valence-electron chi connectivity index (χ1n) is 9.11. The summed E-state index contributed by atoms with van der Waals surface area (Å²) in [4.78, 5) is 14.4. The number of hydrogen-bond donors (Lipinski definition) is 1. The molecular weight excluding hydrogens is 412 g/mol. The van der Waals surface area contributed by atoms with E-state index in [0.717, 1.165) is 15.5 Å². The highest BCUT2D eigenvalue weighted by atomic mass is 32.2. The number of hydrogen-bond acceptors (Lipinski definition) is 7. The van der Waals surface area contributed by atoms with Crippen LogP contribution in [-0.2, 0) is 10.0 Å². The molecule has 2 N–H and O–H groups in total. The van der Waals surface area contributed by atoms with Crippen molar-refractivity contribution in [3.05, 3.63) is 52.6 Å². The molecule has 0 amide bonds. The molecule has 1 aliphatic rings. The van der Waals surface area contributed by atoms with Crippen LogP contribution in [0.25, 0.3) is 0 Å². The molecule has 0 spiro atoms. The third-order valence-electron chi connectivity index (χ3n) is 4.85. The second kappa shape index (κ2) is 8.21. The molecule has 2 atom stereocenters. The lowest BCUT2D eigenvalue weighted by atomic mass is 10.1. The van der Waals surface area contributed by atoms with Gasteiger partial charge in [-0.15, -0.1) is 0 Å². The number of sulfonamides is 1. The van der Waals surface area contributed by atoms with Crippen LogP contribution in [0.2, 0.25) is 0 Å². The molecule has 1 heterocycles. The second-order valence-corrected chi connectivity index (χ2v) is 10.3. The summed E-state index contributed by atoms with van der Waals surface area (Å²) in [7, 11) is -3.23. The van der Waals surface area contributed by atoms with Gasteiger partial charge in [-0.25, -0.2) is 8.42 Å². The van der Waals surface area contributed by atoms with Crippen molar-refractivity contribution < 1.29 is 13.3 Å². The zero-order chi connectivity index (χ0) is 21.3. The van der Waals surface area contributed by atoms with E-state index in [2.05, 4.69) is 4.90 Å². The fourth-order valence-corrected chi connectivity index (χ4v) is 6.10. The van der Waals surface area contributed by atoms with Crippen LogP contribution in [0.15, 0.2) is 52.3 Å². The van der Waals surface area contributed by atoms with Crippen LogP contribution in [-0.4, -0.2) is 49.1 Å². The third kappa shape index (κ3) is 4.82. The molecule has 0 aromatic heterocycles. The molecule has 2 aromatic rings. The molecule has 8 nitrogen and oxygen atoms in total. The summed E-state index contributed by atoms with van der Waals surface area (Å²) in [6, 6.07) is 12.5. The van der Waals surface area contributed by atoms with Crippen molar-refractivity contribution >= 4 is 38.8 Å². The van der Waals surface area contributed by atoms with Crippen molar-refractivity contribution in [3.8, 4) is 0 Å². The molecule has 0 saturated carbocycles. The van der Waals surface area contributed by atoms with E-state index in [1.165, 1.54) is 24.1 Å². The summed E-state index contributed by atoms with van der Waals surface area (Å²) in [6.45, 7) is 5.10. The minimum absolute atomic E-state index is 0.0961. The molecule has 2 unspecified atom stereocenters. The average Bonchev–Trinajstić information content (AvgIpc) is 2.60. The van der Waals surface area contributed by atoms with Gasteiger partial charge in [0.25, 0.3) is 5.69 Å². The Bertz CT molecular complexity index is 999. The van der Waals surface area contributed by atoms with E-state index in [9.17, 15) is 18.5 Å². The summed E-state index contributed by atoms with van der Waals surface area (Å²) in [6.07, 6.45) is 1.26. The fourth-order valence-electron chi connectivity index (χ4n) is 3.80. The van der Waals surface area contributed by atoms with E-state index in [1.807, 2.05) is 38.1 Å². The van der Waals surface area contributed by atoms with Gasteiger partial charge in [-0.3, -0.25) is 10.1 Å². The molecule has 10 heteroatoms. The Hall–Kier alpha value is -2.30. The highest BCUT2D eigenvalue weighted by molar-refractivity contribution is 7.99. The lowest BCUT2D eigenvalue weighted by Gasteiger charge is -2.43. The summed E-state index contributed by atoms with van der Waals surface area (Å²) in [5.41, 5.74) is 6.83. The van der Waals surface area contributed by atoms with E-state index in [1.54, 1.807) is 16.4 Å². The number of piperazine rings is 1. The Morgan fingerprint density at radius 1 is 1.07 bits per heavy atom. The van der Waals surface area contributed by atoms with Crippen LogP contribution in [0.1, 0.15) is 13.8 Å². The normalized spacial score (nSPS) is 20.6. The number of nitrogens with two attached hydrogens (primary N) is 1. The van der Waals surface area contributed by atoms with Crippen LogP contribution in [0, 0.1) is 10.1 Å². The van der Waals surface area contributed by atoms with Crippen molar-refractivity contribution in [3.63, 3.8) is 0 Å². The van der Waals surface area contributed by atoms with E-state index in [-0.39, 0.29) is 23.5 Å². The molecule has 2 aromatic carbocycles. The Kier molecular flexibility index (Phi) is 6.06. The van der Waals surface area contributed by atoms with E-state index in [0.29, 0.717) is 13.1 Å². The lowest BCUT2D eigenvalue weighted by Crippen LogP contribution is -2.58. The first-order chi connectivity index (χ1) is 13.6. The maximum atomic E-state index is 12.0. The fraction of sp³-hybridized carbons (Fsp3) is 0.368. The molecule has 3 rings (SSSR count). The first-order valence-corrected chi connectivity index (χ1v) is 11.8. The molecule has 0 aliphatic carbocycles. The number of nitro groups is 1. The van der Waals surface area contributed by atoms with Crippen molar-refractivity contribution in [1.82, 2.24) is 4.31 Å². The largest absolute Gasteiger partial charge is 0.393 e. The van der Waals surface area contributed by atoms with Crippen LogP contribution < -0.4 is 10.6 Å². The van der Waals surface area contributed by atoms with Gasteiger partial charge < -0.3 is 10.6 Å². The van der Waals surface area contributed by atoms with Crippen LogP contribution in [0.4, 0.5) is 17.1 Å². The number of nitrogens with zero attached hydrogens (tertiary/aromatic N) is 3. The minimum Gasteiger partial charge on any atom is -0.393 e. The molecule has 1 saturated heterocycles. The number of nitrogen functional groups attached to an aromatic ring is 1. The monoisotopic (exact) mass is 436 g/mol. The van der Waals surface area contributed by atoms with Crippen molar-refractivity contribution in [2.45, 2.75) is 35.7 Å². The van der Waals surface area contributed by atoms with Gasteiger partial charge in [-0.2, -0.15) is 4.31 Å². The zero-order valence-electron chi connectivity index (χ0n) is 16.5. The molecule has 156 valence electrons. The average molecular weight is 437 g/mol. The molecule has 1 fully saturated rings. The van der Waals surface area contributed by atoms with Gasteiger partial charge in [-0.1, -0.05) is 11.8 Å². The smallest absolute Gasteiger partial charge is 0.292 e. The third-order valence-corrected chi connectivity index (χ3v) is 7.34. The molecular formula is C19H24N4O4S2. The Balaban J connectivity index is 1.71. The standard InChI is InChI=1S/C19H24N4O4S2/c1-13-11-21(12-14(2)22(13)29(3,26)27)15-4-6-16(7-5-15)28-17-8-9-19(23(24)25)18(20)10-17/h4-10,13-14H,11-12,20H2,1-3H3. The van der Waals surface area contributed by atoms with Gasteiger partial charge in [-0.05, 0) is 50.2 Å². The van der Waals surface area contributed by atoms with Gasteiger partial charge in [0, 0.05) is 46.7 Å². The molecule has 0 radical (unpaired) electrons. The van der Waals surface area contributed by atoms with E-state index >= 15 is 0 Å². The van der Waals surface area contributed by atoms with Gasteiger partial charge in [0.15, 0.2) is 0 Å². The summed E-state index contributed by atoms with van der Waals surface area (Å²) in [5.74, 6) is 0. The topological polar surface area (TPSA) is 110 Å². The minimum atomic E-state index is -3.23. The SMILES string of the molecule is CC1CN(c2ccc(Sc3ccc([N+](=O)[O-])c(N)c3)cc2)CC(C)N1S(C)(=O)=O. The molecule has 1 aliphatic heterocycles. The summed E-state index contributed by atoms with van der Waals surface area (Å²) >= 11 is 1.47. The Morgan fingerprint density at radius 3 is 2.10 bits per heavy atom.